The van der Waals surface area contributed by atoms with Gasteiger partial charge in [0.2, 0.25) is 0 Å². The number of azide groups is 1. The van der Waals surface area contributed by atoms with Crippen LogP contribution in [0.25, 0.3) is 16.5 Å². The molecular weight excluding hydrogens is 318 g/mol. The first-order valence-corrected chi connectivity index (χ1v) is 8.34. The van der Waals surface area contributed by atoms with Gasteiger partial charge in [-0.3, -0.25) is 0 Å². The summed E-state index contributed by atoms with van der Waals surface area (Å²) in [4.78, 5) is 2.48. The second-order valence-corrected chi connectivity index (χ2v) is 4.59. The van der Waals surface area contributed by atoms with Crippen molar-refractivity contribution in [3.8, 4) is 0 Å². The number of benzene rings is 1. The van der Waals surface area contributed by atoms with Gasteiger partial charge in [0.05, 0.1) is 0 Å². The van der Waals surface area contributed by atoms with Crippen LogP contribution < -0.4 is 0 Å². The van der Waals surface area contributed by atoms with Gasteiger partial charge in [0.1, 0.15) is 0 Å². The highest BCUT2D eigenvalue weighted by atomic mass is 15.1. The molecule has 1 aromatic rings. The molecule has 0 heterocycles. The monoisotopic (exact) mass is 357 g/mol. The lowest BCUT2D eigenvalue weighted by Gasteiger charge is -1.85. The maximum absolute atomic E-state index is 7.52. The van der Waals surface area contributed by atoms with Gasteiger partial charge in [0.25, 0.3) is 0 Å². The van der Waals surface area contributed by atoms with Crippen LogP contribution in [-0.4, -0.2) is 6.54 Å². The standard InChI is InChI=1S/C8H8.C4H8.3C3H6.C2H5N3/c1-2-8-6-4-3-5-7-8;1-4(2)3;3*1-3-2;1-2-4-5-3/h2-7H,1H2;1H2,2-3H3;3*3H,1H2,2H3;2H2,1H3. The Morgan fingerprint density at radius 1 is 0.962 bits per heavy atom. The summed E-state index contributed by atoms with van der Waals surface area (Å²) in [5, 5.41) is 3.15. The molecule has 3 nitrogen and oxygen atoms in total. The third kappa shape index (κ3) is 102. The molecule has 0 amide bonds. The van der Waals surface area contributed by atoms with E-state index in [1.165, 1.54) is 11.1 Å². The summed E-state index contributed by atoms with van der Waals surface area (Å²) in [6, 6.07) is 10.0. The Morgan fingerprint density at radius 3 is 1.38 bits per heavy atom. The van der Waals surface area contributed by atoms with Gasteiger partial charge in [-0.15, -0.1) is 26.3 Å². The summed E-state index contributed by atoms with van der Waals surface area (Å²) in [6.07, 6.45) is 7.08. The SMILES string of the molecule is C=C(C)C.C=CC.C=CC.C=CC.C=Cc1ccccc1.CCN=[N+]=[N-]. The lowest BCUT2D eigenvalue weighted by Crippen LogP contribution is -1.63. The fourth-order valence-corrected chi connectivity index (χ4v) is 0.652. The topological polar surface area (TPSA) is 48.8 Å². The second-order valence-electron chi connectivity index (χ2n) is 4.59. The zero-order valence-corrected chi connectivity index (χ0v) is 17.8. The quantitative estimate of drug-likeness (QED) is 0.220. The zero-order chi connectivity index (χ0) is 21.6. The molecule has 0 N–H and O–H groups in total. The van der Waals surface area contributed by atoms with Gasteiger partial charge < -0.3 is 0 Å². The molecule has 1 aromatic carbocycles. The zero-order valence-electron chi connectivity index (χ0n) is 17.8. The lowest BCUT2D eigenvalue weighted by atomic mass is 10.2. The molecule has 0 aliphatic carbocycles. The number of hydrogen-bond acceptors (Lipinski definition) is 1. The average molecular weight is 358 g/mol. The second kappa shape index (κ2) is 43.2. The number of allylic oxidation sites excluding steroid dienone is 4. The molecule has 1 rings (SSSR count). The molecule has 0 radical (unpaired) electrons. The summed E-state index contributed by atoms with van der Waals surface area (Å²) < 4.78 is 0. The van der Waals surface area contributed by atoms with E-state index in [1.807, 2.05) is 71.0 Å². The highest BCUT2D eigenvalue weighted by Gasteiger charge is 1.75. The van der Waals surface area contributed by atoms with Crippen molar-refractivity contribution in [1.29, 1.82) is 0 Å². The maximum Gasteiger partial charge on any atom is 0.0229 e. The van der Waals surface area contributed by atoms with Crippen LogP contribution in [0.3, 0.4) is 0 Å². The summed E-state index contributed by atoms with van der Waals surface area (Å²) >= 11 is 0. The molecule has 0 aromatic heterocycles. The third-order valence-electron chi connectivity index (χ3n) is 1.24. The van der Waals surface area contributed by atoms with E-state index in [2.05, 4.69) is 42.9 Å². The Balaban J connectivity index is -0.0000000723. The summed E-state index contributed by atoms with van der Waals surface area (Å²) in [6.45, 7) is 29.2. The Kier molecular flexibility index (Phi) is 57.4. The summed E-state index contributed by atoms with van der Waals surface area (Å²) in [5.74, 6) is 0. The molecule has 146 valence electrons. The van der Waals surface area contributed by atoms with Crippen LogP contribution in [0, 0.1) is 0 Å². The number of rotatable bonds is 2. The van der Waals surface area contributed by atoms with Crippen molar-refractivity contribution in [2.24, 2.45) is 5.11 Å². The van der Waals surface area contributed by atoms with Crippen molar-refractivity contribution in [3.05, 3.63) is 103 Å². The Hall–Kier alpha value is -2.77. The molecule has 0 aliphatic heterocycles. The number of nitrogens with zero attached hydrogens (tertiary/aromatic N) is 3. The maximum atomic E-state index is 7.52. The highest BCUT2D eigenvalue weighted by Crippen LogP contribution is 1.97. The Morgan fingerprint density at radius 2 is 1.27 bits per heavy atom. The van der Waals surface area contributed by atoms with Crippen LogP contribution in [0.15, 0.2) is 92.1 Å². The predicted octanol–water partition coefficient (Wildman–Crippen LogP) is 8.81. The molecule has 0 spiro atoms. The van der Waals surface area contributed by atoms with Gasteiger partial charge in [0.15, 0.2) is 0 Å². The summed E-state index contributed by atoms with van der Waals surface area (Å²) in [5.41, 5.74) is 9.86. The van der Waals surface area contributed by atoms with Crippen molar-refractivity contribution in [3.63, 3.8) is 0 Å². The van der Waals surface area contributed by atoms with E-state index in [4.69, 9.17) is 5.53 Å². The van der Waals surface area contributed by atoms with Gasteiger partial charge in [-0.25, -0.2) is 0 Å². The smallest absolute Gasteiger partial charge is 0.0229 e. The van der Waals surface area contributed by atoms with E-state index < -0.39 is 0 Å². The van der Waals surface area contributed by atoms with E-state index >= 15 is 0 Å². The first kappa shape index (κ1) is 34.5. The minimum absolute atomic E-state index is 0.552. The minimum Gasteiger partial charge on any atom is -0.103 e. The van der Waals surface area contributed by atoms with Crippen molar-refractivity contribution < 1.29 is 0 Å². The minimum atomic E-state index is 0.552. The van der Waals surface area contributed by atoms with E-state index in [-0.39, 0.29) is 0 Å². The van der Waals surface area contributed by atoms with E-state index in [1.54, 1.807) is 25.2 Å². The van der Waals surface area contributed by atoms with Gasteiger partial charge in [-0.05, 0) is 45.7 Å². The van der Waals surface area contributed by atoms with Crippen LogP contribution in [0.2, 0.25) is 0 Å². The van der Waals surface area contributed by atoms with Gasteiger partial charge in [-0.2, -0.15) is 0 Å². The molecule has 0 unspecified atom stereocenters. The predicted molar refractivity (Wildman–Crippen MR) is 124 cm³/mol. The Labute approximate surface area is 162 Å². The molecule has 0 atom stereocenters. The van der Waals surface area contributed by atoms with Gasteiger partial charge in [0, 0.05) is 11.5 Å². The Bertz CT molecular complexity index is 449. The molecule has 0 aliphatic rings. The highest BCUT2D eigenvalue weighted by molar-refractivity contribution is 5.45. The van der Waals surface area contributed by atoms with Crippen molar-refractivity contribution in [2.45, 2.75) is 41.5 Å². The van der Waals surface area contributed by atoms with Crippen LogP contribution in [0.5, 0.6) is 0 Å². The first-order chi connectivity index (χ1) is 12.3. The molecular formula is C23H39N3. The third-order valence-corrected chi connectivity index (χ3v) is 1.24. The van der Waals surface area contributed by atoms with Crippen molar-refractivity contribution in [2.75, 3.05) is 6.54 Å². The molecule has 26 heavy (non-hydrogen) atoms. The van der Waals surface area contributed by atoms with Gasteiger partial charge >= 0.3 is 0 Å². The fraction of sp³-hybridized carbons (Fsp3) is 0.304. The molecule has 0 saturated carbocycles. The van der Waals surface area contributed by atoms with Crippen LogP contribution in [-0.2, 0) is 0 Å². The number of hydrogen-bond donors (Lipinski definition) is 0. The normalized spacial score (nSPS) is 6.23. The van der Waals surface area contributed by atoms with Gasteiger partial charge in [-0.1, -0.05) is 78.8 Å². The van der Waals surface area contributed by atoms with Crippen LogP contribution in [0.1, 0.15) is 47.1 Å². The molecule has 0 fully saturated rings. The fourth-order valence-electron chi connectivity index (χ4n) is 0.652. The molecule has 0 bridgehead atoms. The average Bonchev–Trinajstić information content (AvgIpc) is 2.59. The molecule has 0 saturated heterocycles. The van der Waals surface area contributed by atoms with E-state index in [0.29, 0.717) is 6.54 Å². The lowest BCUT2D eigenvalue weighted by molar-refractivity contribution is 1.11. The van der Waals surface area contributed by atoms with Crippen molar-refractivity contribution >= 4 is 6.08 Å². The van der Waals surface area contributed by atoms with Crippen LogP contribution in [0.4, 0.5) is 0 Å². The largest absolute Gasteiger partial charge is 0.103 e. The van der Waals surface area contributed by atoms with E-state index in [0.717, 1.165) is 0 Å². The van der Waals surface area contributed by atoms with Crippen LogP contribution >= 0.6 is 0 Å². The van der Waals surface area contributed by atoms with E-state index in [9.17, 15) is 0 Å². The molecule has 3 heteroatoms. The summed E-state index contributed by atoms with van der Waals surface area (Å²) in [7, 11) is 0. The van der Waals surface area contributed by atoms with Crippen molar-refractivity contribution in [1.82, 2.24) is 0 Å². The first-order valence-electron chi connectivity index (χ1n) is 8.34.